The van der Waals surface area contributed by atoms with Crippen molar-refractivity contribution in [2.45, 2.75) is 27.7 Å². The predicted octanol–water partition coefficient (Wildman–Crippen LogP) is 4.71. The Morgan fingerprint density at radius 2 is 1.58 bits per heavy atom. The molecular weight excluding hydrogens is 324 g/mol. The zero-order chi connectivity index (χ0) is 18.7. The van der Waals surface area contributed by atoms with Crippen LogP contribution < -0.4 is 10.6 Å². The minimum Gasteiger partial charge on any atom is -0.340 e. The van der Waals surface area contributed by atoms with Gasteiger partial charge in [-0.15, -0.1) is 0 Å². The highest BCUT2D eigenvalue weighted by atomic mass is 16.1. The third kappa shape index (κ3) is 4.06. The number of aryl methyl sites for hydroxylation is 4. The highest BCUT2D eigenvalue weighted by molar-refractivity contribution is 6.03. The number of carbonyl (C=O) groups is 1. The summed E-state index contributed by atoms with van der Waals surface area (Å²) in [7, 11) is 0. The standard InChI is InChI=1S/C21H22N4O/c1-13-7-5-10-17(11-13)24-21(26)18-12-19(23-16(4)22-18)25-20-14(2)8-6-9-15(20)3/h5-12H,1-4H3,(H,24,26)(H,22,23,25). The maximum atomic E-state index is 12.6. The number of nitrogens with zero attached hydrogens (tertiary/aromatic N) is 2. The van der Waals surface area contributed by atoms with Gasteiger partial charge in [0, 0.05) is 17.4 Å². The monoisotopic (exact) mass is 346 g/mol. The molecule has 1 heterocycles. The van der Waals surface area contributed by atoms with Crippen molar-refractivity contribution in [1.29, 1.82) is 0 Å². The van der Waals surface area contributed by atoms with Gasteiger partial charge in [0.05, 0.1) is 0 Å². The fraction of sp³-hybridized carbons (Fsp3) is 0.190. The van der Waals surface area contributed by atoms with Gasteiger partial charge in [0.2, 0.25) is 0 Å². The molecular formula is C21H22N4O. The van der Waals surface area contributed by atoms with Gasteiger partial charge in [0.15, 0.2) is 0 Å². The number of rotatable bonds is 4. The molecule has 0 unspecified atom stereocenters. The summed E-state index contributed by atoms with van der Waals surface area (Å²) in [6.45, 7) is 7.83. The molecule has 1 aromatic heterocycles. The number of aromatic nitrogens is 2. The number of para-hydroxylation sites is 1. The Morgan fingerprint density at radius 1 is 0.885 bits per heavy atom. The maximum Gasteiger partial charge on any atom is 0.274 e. The number of carbonyl (C=O) groups excluding carboxylic acids is 1. The van der Waals surface area contributed by atoms with Crippen molar-refractivity contribution >= 4 is 23.1 Å². The van der Waals surface area contributed by atoms with Gasteiger partial charge in [-0.25, -0.2) is 9.97 Å². The van der Waals surface area contributed by atoms with Crippen LogP contribution in [0.1, 0.15) is 33.0 Å². The van der Waals surface area contributed by atoms with Gasteiger partial charge in [-0.05, 0) is 56.5 Å². The van der Waals surface area contributed by atoms with E-state index in [4.69, 9.17) is 0 Å². The summed E-state index contributed by atoms with van der Waals surface area (Å²) in [5.74, 6) is 0.880. The smallest absolute Gasteiger partial charge is 0.274 e. The van der Waals surface area contributed by atoms with Gasteiger partial charge in [-0.2, -0.15) is 0 Å². The quantitative estimate of drug-likeness (QED) is 0.718. The molecule has 2 aromatic carbocycles. The van der Waals surface area contributed by atoms with Crippen molar-refractivity contribution in [3.63, 3.8) is 0 Å². The van der Waals surface area contributed by atoms with Crippen molar-refractivity contribution < 1.29 is 4.79 Å². The third-order valence-electron chi connectivity index (χ3n) is 4.08. The van der Waals surface area contributed by atoms with Crippen LogP contribution >= 0.6 is 0 Å². The van der Waals surface area contributed by atoms with E-state index in [9.17, 15) is 4.79 Å². The summed E-state index contributed by atoms with van der Waals surface area (Å²) in [5, 5.41) is 6.20. The second-order valence-electron chi connectivity index (χ2n) is 6.40. The lowest BCUT2D eigenvalue weighted by Gasteiger charge is -2.13. The molecule has 0 fully saturated rings. The first-order chi connectivity index (χ1) is 12.4. The number of hydrogen-bond donors (Lipinski definition) is 2. The molecule has 0 aliphatic rings. The molecule has 3 rings (SSSR count). The average Bonchev–Trinajstić information content (AvgIpc) is 2.58. The first-order valence-corrected chi connectivity index (χ1v) is 8.49. The molecule has 2 N–H and O–H groups in total. The number of amides is 1. The van der Waals surface area contributed by atoms with Crippen molar-refractivity contribution in [2.75, 3.05) is 10.6 Å². The largest absolute Gasteiger partial charge is 0.340 e. The van der Waals surface area contributed by atoms with Crippen molar-refractivity contribution in [2.24, 2.45) is 0 Å². The van der Waals surface area contributed by atoms with E-state index in [1.54, 1.807) is 13.0 Å². The maximum absolute atomic E-state index is 12.6. The number of anilines is 3. The number of benzene rings is 2. The second-order valence-corrected chi connectivity index (χ2v) is 6.40. The van der Waals surface area contributed by atoms with Gasteiger partial charge in [-0.1, -0.05) is 30.3 Å². The molecule has 0 aliphatic carbocycles. The van der Waals surface area contributed by atoms with Crippen LogP contribution in [0.25, 0.3) is 0 Å². The summed E-state index contributed by atoms with van der Waals surface area (Å²) in [6.07, 6.45) is 0. The summed E-state index contributed by atoms with van der Waals surface area (Å²) < 4.78 is 0. The number of hydrogen-bond acceptors (Lipinski definition) is 4. The fourth-order valence-corrected chi connectivity index (χ4v) is 2.81. The molecule has 3 aromatic rings. The highest BCUT2D eigenvalue weighted by Crippen LogP contribution is 2.23. The molecule has 132 valence electrons. The molecule has 0 atom stereocenters. The Morgan fingerprint density at radius 3 is 2.27 bits per heavy atom. The van der Waals surface area contributed by atoms with Crippen molar-refractivity contribution in [3.05, 3.63) is 76.7 Å². The van der Waals surface area contributed by atoms with Crippen LogP contribution in [0.2, 0.25) is 0 Å². The molecule has 5 heteroatoms. The average molecular weight is 346 g/mol. The van der Waals surface area contributed by atoms with Gasteiger partial charge >= 0.3 is 0 Å². The van der Waals surface area contributed by atoms with Crippen LogP contribution in [0.3, 0.4) is 0 Å². The predicted molar refractivity (Wildman–Crippen MR) is 105 cm³/mol. The van der Waals surface area contributed by atoms with Gasteiger partial charge in [0.1, 0.15) is 17.3 Å². The lowest BCUT2D eigenvalue weighted by Crippen LogP contribution is -2.15. The molecule has 0 radical (unpaired) electrons. The Bertz CT molecular complexity index is 946. The van der Waals surface area contributed by atoms with E-state index in [1.165, 1.54) is 0 Å². The van der Waals surface area contributed by atoms with Crippen molar-refractivity contribution in [1.82, 2.24) is 9.97 Å². The zero-order valence-corrected chi connectivity index (χ0v) is 15.4. The Hall–Kier alpha value is -3.21. The molecule has 0 saturated heterocycles. The van der Waals surface area contributed by atoms with Crippen LogP contribution in [-0.2, 0) is 0 Å². The van der Waals surface area contributed by atoms with E-state index >= 15 is 0 Å². The second kappa shape index (κ2) is 7.35. The molecule has 0 spiro atoms. The minimum atomic E-state index is -0.259. The third-order valence-corrected chi connectivity index (χ3v) is 4.08. The summed E-state index contributed by atoms with van der Waals surface area (Å²) >= 11 is 0. The van der Waals surface area contributed by atoms with Crippen LogP contribution in [0.15, 0.2) is 48.5 Å². The van der Waals surface area contributed by atoms with Gasteiger partial charge in [-0.3, -0.25) is 4.79 Å². The van der Waals surface area contributed by atoms with E-state index in [-0.39, 0.29) is 5.91 Å². The first-order valence-electron chi connectivity index (χ1n) is 8.49. The van der Waals surface area contributed by atoms with E-state index in [0.717, 1.165) is 28.1 Å². The molecule has 0 bridgehead atoms. The molecule has 26 heavy (non-hydrogen) atoms. The number of nitrogens with one attached hydrogen (secondary N) is 2. The Labute approximate surface area is 153 Å². The zero-order valence-electron chi connectivity index (χ0n) is 15.4. The van der Waals surface area contributed by atoms with E-state index < -0.39 is 0 Å². The van der Waals surface area contributed by atoms with Gasteiger partial charge in [0.25, 0.3) is 5.91 Å². The van der Waals surface area contributed by atoms with Crippen LogP contribution in [-0.4, -0.2) is 15.9 Å². The van der Waals surface area contributed by atoms with Crippen LogP contribution in [0, 0.1) is 27.7 Å². The van der Waals surface area contributed by atoms with Crippen LogP contribution in [0.4, 0.5) is 17.2 Å². The fourth-order valence-electron chi connectivity index (χ4n) is 2.81. The van der Waals surface area contributed by atoms with E-state index in [1.807, 2.05) is 63.2 Å². The van der Waals surface area contributed by atoms with E-state index in [2.05, 4.69) is 20.6 Å². The molecule has 5 nitrogen and oxygen atoms in total. The topological polar surface area (TPSA) is 66.9 Å². The summed E-state index contributed by atoms with van der Waals surface area (Å²) in [5.41, 5.74) is 5.39. The van der Waals surface area contributed by atoms with E-state index in [0.29, 0.717) is 17.3 Å². The SMILES string of the molecule is Cc1cccc(NC(=O)c2cc(Nc3c(C)cccc3C)nc(C)n2)c1. The summed E-state index contributed by atoms with van der Waals surface area (Å²) in [4.78, 5) is 21.3. The lowest BCUT2D eigenvalue weighted by molar-refractivity contribution is 0.102. The summed E-state index contributed by atoms with van der Waals surface area (Å²) in [6, 6.07) is 15.4. The first kappa shape index (κ1) is 17.6. The molecule has 0 aliphatic heterocycles. The van der Waals surface area contributed by atoms with Crippen molar-refractivity contribution in [3.8, 4) is 0 Å². The minimum absolute atomic E-state index is 0.259. The normalized spacial score (nSPS) is 10.5. The molecule has 1 amide bonds. The molecule has 0 saturated carbocycles. The Balaban J connectivity index is 1.86. The Kier molecular flexibility index (Phi) is 4.98. The van der Waals surface area contributed by atoms with Crippen LogP contribution in [0.5, 0.6) is 0 Å². The lowest BCUT2D eigenvalue weighted by atomic mass is 10.1. The van der Waals surface area contributed by atoms with Gasteiger partial charge < -0.3 is 10.6 Å². The highest BCUT2D eigenvalue weighted by Gasteiger charge is 2.12.